The lowest BCUT2D eigenvalue weighted by molar-refractivity contribution is -0.300. The van der Waals surface area contributed by atoms with Gasteiger partial charge in [0, 0.05) is 77.7 Å². The lowest BCUT2D eigenvalue weighted by Gasteiger charge is -2.75. The Morgan fingerprint density at radius 3 is 1.92 bits per heavy atom. The summed E-state index contributed by atoms with van der Waals surface area (Å²) < 4.78 is 55.7. The van der Waals surface area contributed by atoms with Crippen LogP contribution >= 0.6 is 0 Å². The van der Waals surface area contributed by atoms with E-state index in [1.54, 1.807) is 42.5 Å². The van der Waals surface area contributed by atoms with Crippen LogP contribution in [0.4, 0.5) is 0 Å². The molecule has 15 atom stereocenters. The third-order valence-corrected chi connectivity index (χ3v) is 25.6. The lowest BCUT2D eigenvalue weighted by atomic mass is 9.34. The van der Waals surface area contributed by atoms with E-state index in [2.05, 4.69) is 77.4 Å². The van der Waals surface area contributed by atoms with Gasteiger partial charge in [-0.15, -0.1) is 0 Å². The molecule has 10 bridgehead atoms. The minimum absolute atomic E-state index is 0.0365. The van der Waals surface area contributed by atoms with Crippen LogP contribution in [-0.2, 0) is 54.5 Å². The van der Waals surface area contributed by atoms with Crippen LogP contribution in [-0.4, -0.2) is 162 Å². The molecule has 14 nitrogen and oxygen atoms in total. The Balaban J connectivity index is 0.000000103. The van der Waals surface area contributed by atoms with E-state index in [9.17, 15) is 9.90 Å². The van der Waals surface area contributed by atoms with E-state index in [1.807, 2.05) is 33.1 Å². The molecule has 11 unspecified atom stereocenters. The van der Waals surface area contributed by atoms with Crippen molar-refractivity contribution in [1.82, 2.24) is 14.7 Å². The molecule has 5 spiro atoms. The van der Waals surface area contributed by atoms with Crippen molar-refractivity contribution in [3.8, 4) is 34.5 Å². The molecule has 11 aliphatic carbocycles. The van der Waals surface area contributed by atoms with Crippen molar-refractivity contribution in [3.05, 3.63) is 105 Å². The molecule has 0 radical (unpaired) electrons. The highest BCUT2D eigenvalue weighted by Gasteiger charge is 2.83. The Morgan fingerprint density at radius 1 is 0.663 bits per heavy atom. The molecule has 3 saturated heterocycles. The number of Topliss-reactive ketones (excluding diaryl/α,β-unsaturated/α-hetero) is 1. The number of ketones is 1. The molecule has 14 heteroatoms. The number of likely N-dealkylation sites (N-methyl/N-ethyl adjacent to an activating group) is 2. The van der Waals surface area contributed by atoms with Gasteiger partial charge in [0.1, 0.15) is 35.0 Å². The van der Waals surface area contributed by atoms with Crippen molar-refractivity contribution >= 4 is 5.78 Å². The normalized spacial score (nSPS) is 41.0. The zero-order valence-electron chi connectivity index (χ0n) is 50.7. The molecule has 6 heterocycles. The predicted octanol–water partition coefficient (Wildman–Crippen LogP) is 8.62. The number of carbonyl (C=O) groups is 1. The summed E-state index contributed by atoms with van der Waals surface area (Å²) >= 11 is 0. The van der Waals surface area contributed by atoms with Gasteiger partial charge < -0.3 is 52.6 Å². The number of likely N-dealkylation sites (tertiary alicyclic amines) is 3. The third-order valence-electron chi connectivity index (χ3n) is 25.6. The summed E-state index contributed by atoms with van der Waals surface area (Å²) in [4.78, 5) is 20.6. The summed E-state index contributed by atoms with van der Waals surface area (Å²) in [6.07, 6.45) is 21.7. The summed E-state index contributed by atoms with van der Waals surface area (Å²) in [6, 6.07) is 14.3. The topological polar surface area (TPSA) is 130 Å². The van der Waals surface area contributed by atoms with Crippen LogP contribution in [0.3, 0.4) is 0 Å². The molecule has 6 aliphatic heterocycles. The molecule has 1 N–H and O–H groups in total. The van der Waals surface area contributed by atoms with Crippen LogP contribution in [0.25, 0.3) is 0 Å². The Hall–Kier alpha value is -5.09. The minimum atomic E-state index is -0.816. The molecular weight excluding hydrogens is 1050 g/mol. The number of methoxy groups -OCH3 is 6. The second kappa shape index (κ2) is 17.6. The molecule has 442 valence electrons. The number of carbonyl (C=O) groups excluding carboxylic acids is 1. The first-order valence-electron chi connectivity index (χ1n) is 31.2. The second-order valence-corrected chi connectivity index (χ2v) is 28.5. The fraction of sp³-hybridized carbons (Fsp3) is 0.638. The number of benzene rings is 3. The van der Waals surface area contributed by atoms with Gasteiger partial charge in [-0.3, -0.25) is 14.6 Å². The quantitative estimate of drug-likeness (QED) is 0.195. The van der Waals surface area contributed by atoms with Crippen LogP contribution in [0.2, 0.25) is 0 Å². The van der Waals surface area contributed by atoms with Crippen molar-refractivity contribution in [2.75, 3.05) is 82.9 Å². The third kappa shape index (κ3) is 6.20. The van der Waals surface area contributed by atoms with Gasteiger partial charge in [0.15, 0.2) is 40.6 Å². The Bertz CT molecular complexity index is 3380. The van der Waals surface area contributed by atoms with Crippen LogP contribution in [0.5, 0.6) is 34.5 Å². The molecule has 20 rings (SSSR count). The number of nitrogens with zero attached hydrogens (tertiary/aromatic N) is 3. The standard InChI is InChI=1S/C27H37NO4.C23H27NO4.C19H21NO3/c1-24(2,29)19-14-25-9-10-27(19,31-4)23-26(25)11-12-28(15-16-5-6-16)20(25)13-17-7-8-18(30-3)22(32-23)21(17)26;1-13(25)15-12-21-7-8-23(15,27-4)20-22(21)9-10-24(2)17(21)11-14-5-6-16(26-3)19(28-20)18(14)22;1-20-9-8-19-12-5-7-15(22-3)18(19)23-17-14(21-2)6-4-11(16(17)19)10-13(12)20/h7-8,16,19-20,23,29H,5-6,9-15H2,1-4H3;5-8,15,17,20H,9-12H2,1-4H3;4-7,13,18H,8-10H2,1-3H3/t19-,20?,23?,25?,26+,27?;15?,17?,20?,21?,22-,23?;13?,18?,19-/m100/s1. The van der Waals surface area contributed by atoms with E-state index in [0.717, 1.165) is 130 Å². The smallest absolute Gasteiger partial charge is 0.169 e. The molecule has 5 saturated carbocycles. The molecule has 3 aromatic carbocycles. The van der Waals surface area contributed by atoms with Crippen molar-refractivity contribution in [1.29, 1.82) is 0 Å². The van der Waals surface area contributed by atoms with E-state index < -0.39 is 16.8 Å². The molecule has 0 amide bonds. The molecule has 17 aliphatic rings. The van der Waals surface area contributed by atoms with Gasteiger partial charge in [0.25, 0.3) is 0 Å². The van der Waals surface area contributed by atoms with Crippen LogP contribution < -0.4 is 28.4 Å². The van der Waals surface area contributed by atoms with Crippen molar-refractivity contribution in [3.63, 3.8) is 0 Å². The van der Waals surface area contributed by atoms with Crippen LogP contribution in [0, 0.1) is 28.6 Å². The summed E-state index contributed by atoms with van der Waals surface area (Å²) in [6.45, 7) is 10.2. The first-order valence-corrected chi connectivity index (χ1v) is 31.2. The molecule has 8 fully saturated rings. The minimum Gasteiger partial charge on any atom is -0.497 e. The highest BCUT2D eigenvalue weighted by molar-refractivity contribution is 5.82. The van der Waals surface area contributed by atoms with E-state index in [-0.39, 0.29) is 63.0 Å². The number of rotatable bonds is 10. The first kappa shape index (κ1) is 53.4. The Kier molecular flexibility index (Phi) is 11.3. The SMILES string of the molecule is COC1=CC=C2C3Cc4ccc(OC)c5c4[C@@]2(CCN3C)C1O5.COc1ccc2c3c1OC1C4(OC)C=CC5(CC4C(C)=O)C(C2)N(C)CC[C@]315.COc1ccc2c3c1OC1C4(OC)CCC5(C[C@@H]4C(C)(C)O)C(C2)N(CC2CC2)CC[C@]315. The Labute approximate surface area is 489 Å². The predicted molar refractivity (Wildman–Crippen MR) is 312 cm³/mol. The zero-order valence-corrected chi connectivity index (χ0v) is 50.7. The van der Waals surface area contributed by atoms with Gasteiger partial charge in [-0.2, -0.15) is 0 Å². The fourth-order valence-electron chi connectivity index (χ4n) is 22.1. The van der Waals surface area contributed by atoms with Gasteiger partial charge >= 0.3 is 0 Å². The van der Waals surface area contributed by atoms with Gasteiger partial charge in [-0.25, -0.2) is 0 Å². The zero-order chi connectivity index (χ0) is 57.3. The van der Waals surface area contributed by atoms with E-state index in [0.29, 0.717) is 18.1 Å². The number of aliphatic hydroxyl groups is 1. The highest BCUT2D eigenvalue weighted by atomic mass is 16.6. The summed E-state index contributed by atoms with van der Waals surface area (Å²) in [5.74, 6) is 7.12. The van der Waals surface area contributed by atoms with E-state index in [4.69, 9.17) is 42.6 Å². The van der Waals surface area contributed by atoms with Gasteiger partial charge in [0.2, 0.25) is 0 Å². The largest absolute Gasteiger partial charge is 0.497 e. The van der Waals surface area contributed by atoms with Crippen LogP contribution in [0.1, 0.15) is 112 Å². The van der Waals surface area contributed by atoms with Crippen LogP contribution in [0.15, 0.2) is 72.0 Å². The summed E-state index contributed by atoms with van der Waals surface area (Å²) in [7, 11) is 14.9. The molecule has 0 aromatic heterocycles. The number of fused-ring (bicyclic) bond motifs is 3. The van der Waals surface area contributed by atoms with E-state index in [1.165, 1.54) is 58.3 Å². The summed E-state index contributed by atoms with van der Waals surface area (Å²) in [5, 5.41) is 11.4. The summed E-state index contributed by atoms with van der Waals surface area (Å²) in [5.41, 5.74) is 7.56. The fourth-order valence-corrected chi connectivity index (χ4v) is 22.1. The Morgan fingerprint density at radius 2 is 1.29 bits per heavy atom. The number of ether oxygens (including phenoxy) is 9. The average molecular weight is 1130 g/mol. The van der Waals surface area contributed by atoms with Gasteiger partial charge in [-0.05, 0) is 184 Å². The van der Waals surface area contributed by atoms with Crippen molar-refractivity contribution in [2.24, 2.45) is 28.6 Å². The highest BCUT2D eigenvalue weighted by Crippen LogP contribution is 2.79. The number of hydrogen-bond donors (Lipinski definition) is 1. The van der Waals surface area contributed by atoms with E-state index >= 15 is 0 Å². The number of hydrogen-bond acceptors (Lipinski definition) is 14. The second-order valence-electron chi connectivity index (χ2n) is 28.5. The monoisotopic (exact) mass is 1130 g/mol. The number of allylic oxidation sites excluding steroid dienone is 2. The van der Waals surface area contributed by atoms with Crippen molar-refractivity contribution in [2.45, 2.75) is 167 Å². The number of piperidine rings is 3. The first-order chi connectivity index (χ1) is 40.0. The maximum absolute atomic E-state index is 12.8. The van der Waals surface area contributed by atoms with Gasteiger partial charge in [0.05, 0.1) is 50.8 Å². The van der Waals surface area contributed by atoms with Gasteiger partial charge in [-0.1, -0.05) is 36.4 Å². The lowest BCUT2D eigenvalue weighted by Crippen LogP contribution is -2.82. The maximum atomic E-state index is 12.8. The molecule has 83 heavy (non-hydrogen) atoms. The molecule has 3 aromatic rings. The molecular formula is C69H85N3O11. The van der Waals surface area contributed by atoms with Crippen molar-refractivity contribution < 1.29 is 52.5 Å². The average Bonchev–Trinajstić information content (AvgIpc) is 1.64. The maximum Gasteiger partial charge on any atom is 0.169 e.